The summed E-state index contributed by atoms with van der Waals surface area (Å²) < 4.78 is 13.1. The first-order valence-electron chi connectivity index (χ1n) is 7.75. The molecule has 0 heterocycles. The third kappa shape index (κ3) is 5.76. The average molecular weight is 364 g/mol. The smallest absolute Gasteiger partial charge is 0.243 e. The third-order valence-corrected chi connectivity index (χ3v) is 3.60. The first-order chi connectivity index (χ1) is 11.8. The molecule has 2 aromatic rings. The van der Waals surface area contributed by atoms with Gasteiger partial charge >= 0.3 is 0 Å². The number of carbonyl (C=O) groups excluding carboxylic acids is 2. The van der Waals surface area contributed by atoms with Gasteiger partial charge in [-0.1, -0.05) is 31.5 Å². The lowest BCUT2D eigenvalue weighted by Gasteiger charge is -2.11. The van der Waals surface area contributed by atoms with E-state index < -0.39 is 5.82 Å². The summed E-state index contributed by atoms with van der Waals surface area (Å²) in [7, 11) is 0. The Balaban J connectivity index is 1.91. The lowest BCUT2D eigenvalue weighted by Crippen LogP contribution is -2.22. The van der Waals surface area contributed by atoms with E-state index in [1.54, 1.807) is 38.1 Å². The normalized spacial score (nSPS) is 10.4. The Morgan fingerprint density at radius 1 is 1.04 bits per heavy atom. The van der Waals surface area contributed by atoms with Gasteiger partial charge in [0.2, 0.25) is 11.8 Å². The first-order valence-corrected chi connectivity index (χ1v) is 8.12. The highest BCUT2D eigenvalue weighted by molar-refractivity contribution is 6.31. The second-order valence-electron chi connectivity index (χ2n) is 5.76. The lowest BCUT2D eigenvalue weighted by molar-refractivity contribution is -0.119. The molecule has 0 saturated carbocycles. The van der Waals surface area contributed by atoms with Gasteiger partial charge in [0.25, 0.3) is 0 Å². The summed E-state index contributed by atoms with van der Waals surface area (Å²) in [6.07, 6.45) is 0. The SMILES string of the molecule is CC(C)C(=O)Nc1cccc(NC(=O)CNc2ccc(F)c(Cl)c2)c1. The summed E-state index contributed by atoms with van der Waals surface area (Å²) in [5, 5.41) is 8.34. The van der Waals surface area contributed by atoms with Gasteiger partial charge in [-0.15, -0.1) is 0 Å². The molecule has 132 valence electrons. The number of hydrogen-bond acceptors (Lipinski definition) is 3. The molecular formula is C18H19ClFN3O2. The van der Waals surface area contributed by atoms with Crippen LogP contribution in [0.2, 0.25) is 5.02 Å². The maximum atomic E-state index is 13.1. The van der Waals surface area contributed by atoms with Crippen molar-refractivity contribution in [3.05, 3.63) is 53.3 Å². The zero-order valence-corrected chi connectivity index (χ0v) is 14.7. The minimum atomic E-state index is -0.517. The van der Waals surface area contributed by atoms with Gasteiger partial charge in [0.15, 0.2) is 0 Å². The highest BCUT2D eigenvalue weighted by Gasteiger charge is 2.08. The van der Waals surface area contributed by atoms with E-state index >= 15 is 0 Å². The highest BCUT2D eigenvalue weighted by atomic mass is 35.5. The topological polar surface area (TPSA) is 70.2 Å². The van der Waals surface area contributed by atoms with Gasteiger partial charge in [-0.25, -0.2) is 4.39 Å². The number of halogens is 2. The van der Waals surface area contributed by atoms with Gasteiger partial charge in [0.1, 0.15) is 5.82 Å². The van der Waals surface area contributed by atoms with E-state index in [0.29, 0.717) is 17.1 Å². The summed E-state index contributed by atoms with van der Waals surface area (Å²) in [6.45, 7) is 3.59. The lowest BCUT2D eigenvalue weighted by atomic mass is 10.2. The van der Waals surface area contributed by atoms with E-state index in [2.05, 4.69) is 16.0 Å². The molecule has 0 aliphatic rings. The fourth-order valence-corrected chi connectivity index (χ4v) is 2.14. The van der Waals surface area contributed by atoms with Crippen LogP contribution in [0.25, 0.3) is 0 Å². The Kier molecular flexibility index (Phi) is 6.36. The van der Waals surface area contributed by atoms with Gasteiger partial charge in [-0.05, 0) is 36.4 Å². The van der Waals surface area contributed by atoms with Crippen LogP contribution >= 0.6 is 11.6 Å². The van der Waals surface area contributed by atoms with Crippen molar-refractivity contribution in [2.75, 3.05) is 22.5 Å². The fraction of sp³-hybridized carbons (Fsp3) is 0.222. The summed E-state index contributed by atoms with van der Waals surface area (Å²) in [4.78, 5) is 23.7. The standard InChI is InChI=1S/C18H19ClFN3O2/c1-11(2)18(25)23-14-5-3-4-13(8-14)22-17(24)10-21-12-6-7-16(20)15(19)9-12/h3-9,11,21H,10H2,1-2H3,(H,22,24)(H,23,25). The zero-order valence-electron chi connectivity index (χ0n) is 13.9. The molecule has 5 nitrogen and oxygen atoms in total. The van der Waals surface area contributed by atoms with Gasteiger partial charge in [0, 0.05) is 23.0 Å². The minimum Gasteiger partial charge on any atom is -0.376 e. The Morgan fingerprint density at radius 3 is 2.36 bits per heavy atom. The molecule has 0 unspecified atom stereocenters. The van der Waals surface area contributed by atoms with Crippen LogP contribution in [0, 0.1) is 11.7 Å². The summed E-state index contributed by atoms with van der Waals surface area (Å²) in [5.41, 5.74) is 1.71. The molecular weight excluding hydrogens is 345 g/mol. The first kappa shape index (κ1) is 18.7. The molecule has 0 radical (unpaired) electrons. The maximum Gasteiger partial charge on any atom is 0.243 e. The molecule has 2 aromatic carbocycles. The highest BCUT2D eigenvalue weighted by Crippen LogP contribution is 2.19. The van der Waals surface area contributed by atoms with Crippen LogP contribution in [0.15, 0.2) is 42.5 Å². The molecule has 0 aliphatic carbocycles. The number of amides is 2. The van der Waals surface area contributed by atoms with Crippen LogP contribution in [0.1, 0.15) is 13.8 Å². The van der Waals surface area contributed by atoms with E-state index in [1.165, 1.54) is 18.2 Å². The Morgan fingerprint density at radius 2 is 1.72 bits per heavy atom. The largest absolute Gasteiger partial charge is 0.376 e. The van der Waals surface area contributed by atoms with Crippen molar-refractivity contribution in [1.29, 1.82) is 0 Å². The van der Waals surface area contributed by atoms with Crippen molar-refractivity contribution in [1.82, 2.24) is 0 Å². The van der Waals surface area contributed by atoms with E-state index in [0.717, 1.165) is 0 Å². The number of rotatable bonds is 6. The van der Waals surface area contributed by atoms with Crippen LogP contribution in [0.3, 0.4) is 0 Å². The van der Waals surface area contributed by atoms with Crippen LogP contribution in [-0.4, -0.2) is 18.4 Å². The van der Waals surface area contributed by atoms with Gasteiger partial charge in [-0.3, -0.25) is 9.59 Å². The molecule has 2 rings (SSSR count). The molecule has 0 aromatic heterocycles. The minimum absolute atomic E-state index is 0.00938. The van der Waals surface area contributed by atoms with Gasteiger partial charge < -0.3 is 16.0 Å². The number of carbonyl (C=O) groups is 2. The Bertz CT molecular complexity index is 781. The Hall–Kier alpha value is -2.60. The second-order valence-corrected chi connectivity index (χ2v) is 6.16. The average Bonchev–Trinajstić information content (AvgIpc) is 2.56. The van der Waals surface area contributed by atoms with E-state index in [9.17, 15) is 14.0 Å². The van der Waals surface area contributed by atoms with Crippen molar-refractivity contribution < 1.29 is 14.0 Å². The van der Waals surface area contributed by atoms with E-state index in [-0.39, 0.29) is 29.3 Å². The summed E-state index contributed by atoms with van der Waals surface area (Å²) in [5.74, 6) is -1.03. The predicted molar refractivity (Wildman–Crippen MR) is 98.4 cm³/mol. The molecule has 3 N–H and O–H groups in total. The molecule has 0 aliphatic heterocycles. The van der Waals surface area contributed by atoms with Crippen molar-refractivity contribution in [2.24, 2.45) is 5.92 Å². The molecule has 7 heteroatoms. The van der Waals surface area contributed by atoms with Crippen molar-refractivity contribution in [3.63, 3.8) is 0 Å². The van der Waals surface area contributed by atoms with Crippen LogP contribution in [-0.2, 0) is 9.59 Å². The van der Waals surface area contributed by atoms with E-state index in [4.69, 9.17) is 11.6 Å². The molecule has 0 saturated heterocycles. The molecule has 2 amide bonds. The molecule has 25 heavy (non-hydrogen) atoms. The maximum absolute atomic E-state index is 13.1. The quantitative estimate of drug-likeness (QED) is 0.722. The van der Waals surface area contributed by atoms with Gasteiger partial charge in [0.05, 0.1) is 11.6 Å². The van der Waals surface area contributed by atoms with Gasteiger partial charge in [-0.2, -0.15) is 0 Å². The molecule has 0 atom stereocenters. The molecule has 0 spiro atoms. The van der Waals surface area contributed by atoms with Crippen LogP contribution < -0.4 is 16.0 Å². The monoisotopic (exact) mass is 363 g/mol. The molecule has 0 fully saturated rings. The number of benzene rings is 2. The Labute approximate surface area is 150 Å². The molecule has 0 bridgehead atoms. The van der Waals surface area contributed by atoms with E-state index in [1.807, 2.05) is 0 Å². The summed E-state index contributed by atoms with van der Waals surface area (Å²) in [6, 6.07) is 11.0. The zero-order chi connectivity index (χ0) is 18.4. The predicted octanol–water partition coefficient (Wildman–Crippen LogP) is 4.12. The number of nitrogens with one attached hydrogen (secondary N) is 3. The number of anilines is 3. The summed E-state index contributed by atoms with van der Waals surface area (Å²) >= 11 is 5.69. The van der Waals surface area contributed by atoms with Crippen LogP contribution in [0.4, 0.5) is 21.5 Å². The number of hydrogen-bond donors (Lipinski definition) is 3. The second kappa shape index (κ2) is 8.48. The van der Waals surface area contributed by atoms with Crippen molar-refractivity contribution >= 4 is 40.5 Å². The van der Waals surface area contributed by atoms with Crippen molar-refractivity contribution in [2.45, 2.75) is 13.8 Å². The fourth-order valence-electron chi connectivity index (χ4n) is 1.95. The third-order valence-electron chi connectivity index (χ3n) is 3.31. The van der Waals surface area contributed by atoms with Crippen molar-refractivity contribution in [3.8, 4) is 0 Å². The van der Waals surface area contributed by atoms with Crippen LogP contribution in [0.5, 0.6) is 0 Å².